The van der Waals surface area contributed by atoms with Gasteiger partial charge < -0.3 is 5.32 Å². The summed E-state index contributed by atoms with van der Waals surface area (Å²) in [6.45, 7) is 1.56. The summed E-state index contributed by atoms with van der Waals surface area (Å²) >= 11 is 5.30. The molecule has 0 fully saturated rings. The largest absolute Gasteiger partial charge is 0.326 e. The number of carbonyl (C=O) groups is 1. The molecule has 0 saturated heterocycles. The van der Waals surface area contributed by atoms with Gasteiger partial charge in [-0.25, -0.2) is 0 Å². The Morgan fingerprint density at radius 2 is 1.15 bits per heavy atom. The maximum Gasteiger partial charge on any atom is 0.221 e. The van der Waals surface area contributed by atoms with E-state index in [2.05, 4.69) is 60.5 Å². The van der Waals surface area contributed by atoms with Gasteiger partial charge in [-0.05, 0) is 52.4 Å². The Hall–Kier alpha value is -1.56. The SMILES string of the molecule is CSc1cc(NC(C)=O)c2ccc3c(SC)cc(SC)c4ccc1c2c34. The molecule has 0 radical (unpaired) electrons. The summed E-state index contributed by atoms with van der Waals surface area (Å²) in [5.74, 6) is -0.0401. The van der Waals surface area contributed by atoms with Crippen LogP contribution in [0.25, 0.3) is 32.3 Å². The Kier molecular flexibility index (Phi) is 4.71. The first-order valence-corrected chi connectivity index (χ1v) is 11.9. The van der Waals surface area contributed by atoms with Crippen molar-refractivity contribution in [2.45, 2.75) is 21.6 Å². The van der Waals surface area contributed by atoms with Crippen molar-refractivity contribution < 1.29 is 4.79 Å². The lowest BCUT2D eigenvalue weighted by Gasteiger charge is -2.19. The lowest BCUT2D eigenvalue weighted by molar-refractivity contribution is -0.114. The number of benzene rings is 4. The average Bonchev–Trinajstić information content (AvgIpc) is 2.65. The Bertz CT molecular complexity index is 1130. The highest BCUT2D eigenvalue weighted by atomic mass is 32.2. The second-order valence-electron chi connectivity index (χ2n) is 6.16. The third-order valence-electron chi connectivity index (χ3n) is 4.76. The summed E-state index contributed by atoms with van der Waals surface area (Å²) in [5.41, 5.74) is 0.893. The smallest absolute Gasteiger partial charge is 0.221 e. The van der Waals surface area contributed by atoms with E-state index in [-0.39, 0.29) is 5.91 Å². The van der Waals surface area contributed by atoms with E-state index in [1.54, 1.807) is 42.2 Å². The van der Waals surface area contributed by atoms with E-state index in [1.165, 1.54) is 41.6 Å². The van der Waals surface area contributed by atoms with Gasteiger partial charge in [-0.3, -0.25) is 4.79 Å². The molecular formula is C21H19NOS3. The molecule has 1 N–H and O–H groups in total. The Morgan fingerprint density at radius 3 is 1.62 bits per heavy atom. The molecule has 0 unspecified atom stereocenters. The van der Waals surface area contributed by atoms with Gasteiger partial charge in [-0.2, -0.15) is 0 Å². The molecule has 4 aromatic rings. The van der Waals surface area contributed by atoms with Crippen molar-refractivity contribution in [3.05, 3.63) is 36.4 Å². The van der Waals surface area contributed by atoms with E-state index in [4.69, 9.17) is 0 Å². The van der Waals surface area contributed by atoms with Gasteiger partial charge in [0.05, 0.1) is 0 Å². The lowest BCUT2D eigenvalue weighted by atomic mass is 9.93. The molecule has 1 amide bonds. The third kappa shape index (κ3) is 2.65. The molecule has 0 bridgehead atoms. The van der Waals surface area contributed by atoms with Crippen molar-refractivity contribution in [3.8, 4) is 0 Å². The van der Waals surface area contributed by atoms with Gasteiger partial charge in [0.2, 0.25) is 5.91 Å². The highest BCUT2D eigenvalue weighted by Crippen LogP contribution is 2.46. The van der Waals surface area contributed by atoms with E-state index in [0.29, 0.717) is 0 Å². The van der Waals surface area contributed by atoms with Gasteiger partial charge in [0.15, 0.2) is 0 Å². The van der Waals surface area contributed by atoms with Crippen LogP contribution in [0.3, 0.4) is 0 Å². The topological polar surface area (TPSA) is 29.1 Å². The zero-order chi connectivity index (χ0) is 18.4. The fourth-order valence-electron chi connectivity index (χ4n) is 3.70. The zero-order valence-corrected chi connectivity index (χ0v) is 17.5. The quantitative estimate of drug-likeness (QED) is 0.306. The van der Waals surface area contributed by atoms with Gasteiger partial charge in [0.1, 0.15) is 0 Å². The summed E-state index contributed by atoms with van der Waals surface area (Å²) in [5, 5.41) is 10.5. The van der Waals surface area contributed by atoms with E-state index >= 15 is 0 Å². The van der Waals surface area contributed by atoms with Crippen molar-refractivity contribution in [2.75, 3.05) is 24.1 Å². The molecule has 5 heteroatoms. The highest BCUT2D eigenvalue weighted by Gasteiger charge is 2.18. The Balaban J connectivity index is 2.27. The molecule has 4 rings (SSSR count). The summed E-state index contributed by atoms with van der Waals surface area (Å²) in [7, 11) is 0. The summed E-state index contributed by atoms with van der Waals surface area (Å²) in [4.78, 5) is 15.5. The molecule has 0 spiro atoms. The molecular weight excluding hydrogens is 378 g/mol. The first-order chi connectivity index (χ1) is 12.6. The molecule has 0 aliphatic carbocycles. The summed E-state index contributed by atoms with van der Waals surface area (Å²) < 4.78 is 0. The molecule has 2 nitrogen and oxygen atoms in total. The fourth-order valence-corrected chi connectivity index (χ4v) is 5.65. The van der Waals surface area contributed by atoms with Crippen LogP contribution in [0.15, 0.2) is 51.1 Å². The Labute approximate surface area is 165 Å². The highest BCUT2D eigenvalue weighted by molar-refractivity contribution is 7.99. The minimum atomic E-state index is -0.0401. The second-order valence-corrected chi connectivity index (χ2v) is 8.70. The molecule has 0 saturated carbocycles. The van der Waals surface area contributed by atoms with Crippen molar-refractivity contribution in [1.29, 1.82) is 0 Å². The summed E-state index contributed by atoms with van der Waals surface area (Å²) in [6, 6.07) is 13.2. The van der Waals surface area contributed by atoms with Crippen LogP contribution in [0, 0.1) is 0 Å². The maximum absolute atomic E-state index is 11.7. The standard InChI is InChI=1S/C21H19NOS3/c1-11(23)22-16-9-17(24-2)13-7-8-15-19(26-4)10-18(25-3)14-6-5-12(16)20(13)21(14)15/h5-10H,1-4H3,(H,22,23). The van der Waals surface area contributed by atoms with Crippen LogP contribution in [-0.4, -0.2) is 24.7 Å². The van der Waals surface area contributed by atoms with Crippen LogP contribution < -0.4 is 5.32 Å². The number of rotatable bonds is 4. The monoisotopic (exact) mass is 397 g/mol. The van der Waals surface area contributed by atoms with Crippen LogP contribution in [0.2, 0.25) is 0 Å². The lowest BCUT2D eigenvalue weighted by Crippen LogP contribution is -2.06. The van der Waals surface area contributed by atoms with Crippen LogP contribution in [0.1, 0.15) is 6.92 Å². The molecule has 0 atom stereocenters. The van der Waals surface area contributed by atoms with E-state index in [1.807, 2.05) is 0 Å². The van der Waals surface area contributed by atoms with E-state index in [0.717, 1.165) is 11.1 Å². The van der Waals surface area contributed by atoms with Gasteiger partial charge in [0.25, 0.3) is 0 Å². The van der Waals surface area contributed by atoms with E-state index < -0.39 is 0 Å². The Morgan fingerprint density at radius 1 is 0.731 bits per heavy atom. The third-order valence-corrected chi connectivity index (χ3v) is 7.09. The molecule has 0 aliphatic rings. The van der Waals surface area contributed by atoms with Crippen molar-refractivity contribution in [3.63, 3.8) is 0 Å². The second kappa shape index (κ2) is 6.87. The van der Waals surface area contributed by atoms with Crippen LogP contribution in [-0.2, 0) is 4.79 Å². The number of anilines is 1. The number of thioether (sulfide) groups is 3. The molecule has 26 heavy (non-hydrogen) atoms. The maximum atomic E-state index is 11.7. The number of nitrogens with one attached hydrogen (secondary N) is 1. The van der Waals surface area contributed by atoms with Gasteiger partial charge >= 0.3 is 0 Å². The number of hydrogen-bond donors (Lipinski definition) is 1. The van der Waals surface area contributed by atoms with E-state index in [9.17, 15) is 4.79 Å². The first-order valence-electron chi connectivity index (χ1n) is 8.27. The predicted octanol–water partition coefficient (Wildman–Crippen LogP) is 6.71. The van der Waals surface area contributed by atoms with Gasteiger partial charge in [0, 0.05) is 38.1 Å². The predicted molar refractivity (Wildman–Crippen MR) is 120 cm³/mol. The average molecular weight is 398 g/mol. The molecule has 0 aliphatic heterocycles. The normalized spacial score (nSPS) is 11.7. The minimum absolute atomic E-state index is 0.0401. The molecule has 4 aromatic carbocycles. The van der Waals surface area contributed by atoms with Crippen LogP contribution in [0.5, 0.6) is 0 Å². The number of hydrogen-bond acceptors (Lipinski definition) is 4. The number of amides is 1. The zero-order valence-electron chi connectivity index (χ0n) is 15.1. The van der Waals surface area contributed by atoms with Crippen molar-refractivity contribution in [1.82, 2.24) is 0 Å². The molecule has 132 valence electrons. The van der Waals surface area contributed by atoms with Crippen LogP contribution >= 0.6 is 35.3 Å². The molecule has 0 heterocycles. The fraction of sp³-hybridized carbons (Fsp3) is 0.190. The summed E-state index contributed by atoms with van der Waals surface area (Å²) in [6.07, 6.45) is 6.35. The van der Waals surface area contributed by atoms with Crippen molar-refractivity contribution in [2.24, 2.45) is 0 Å². The van der Waals surface area contributed by atoms with Crippen LogP contribution in [0.4, 0.5) is 5.69 Å². The van der Waals surface area contributed by atoms with Crippen molar-refractivity contribution >= 4 is 79.2 Å². The minimum Gasteiger partial charge on any atom is -0.326 e. The van der Waals surface area contributed by atoms with Gasteiger partial charge in [-0.1, -0.05) is 24.3 Å². The first kappa shape index (κ1) is 17.8. The van der Waals surface area contributed by atoms with Gasteiger partial charge in [-0.15, -0.1) is 35.3 Å². The number of carbonyl (C=O) groups excluding carboxylic acids is 1. The molecule has 0 aromatic heterocycles.